The highest BCUT2D eigenvalue weighted by atomic mass is 32.1. The zero-order chi connectivity index (χ0) is 16.8. The maximum absolute atomic E-state index is 12.1. The van der Waals surface area contributed by atoms with Gasteiger partial charge in [0.25, 0.3) is 5.91 Å². The molecule has 24 heavy (non-hydrogen) atoms. The van der Waals surface area contributed by atoms with Gasteiger partial charge in [-0.05, 0) is 42.8 Å². The van der Waals surface area contributed by atoms with Crippen molar-refractivity contribution >= 4 is 17.2 Å². The number of carbonyl (C=O) groups is 1. The van der Waals surface area contributed by atoms with Crippen molar-refractivity contribution in [2.75, 3.05) is 0 Å². The smallest absolute Gasteiger partial charge is 0.251 e. The molecule has 2 heterocycles. The molecule has 0 bridgehead atoms. The lowest BCUT2D eigenvalue weighted by Crippen LogP contribution is -2.22. The van der Waals surface area contributed by atoms with Crippen LogP contribution in [0.5, 0.6) is 5.75 Å². The van der Waals surface area contributed by atoms with Gasteiger partial charge in [0, 0.05) is 35.6 Å². The van der Waals surface area contributed by atoms with Crippen molar-refractivity contribution in [1.82, 2.24) is 15.3 Å². The standard InChI is InChI=1S/C18H17N3O2S/c1-13-12-24-17(21-13)11-23-16-6-4-15(5-7-16)18(22)20-10-14-3-2-8-19-9-14/h2-9,12H,10-11H2,1H3,(H,20,22). The zero-order valence-corrected chi connectivity index (χ0v) is 14.0. The van der Waals surface area contributed by atoms with E-state index in [2.05, 4.69) is 15.3 Å². The molecule has 0 radical (unpaired) electrons. The van der Waals surface area contributed by atoms with Crippen molar-refractivity contribution in [3.8, 4) is 5.75 Å². The first-order valence-corrected chi connectivity index (χ1v) is 8.39. The molecule has 0 saturated heterocycles. The number of rotatable bonds is 6. The van der Waals surface area contributed by atoms with E-state index in [1.54, 1.807) is 48.0 Å². The van der Waals surface area contributed by atoms with Gasteiger partial charge >= 0.3 is 0 Å². The third kappa shape index (κ3) is 4.39. The molecule has 6 heteroatoms. The molecule has 3 rings (SSSR count). The summed E-state index contributed by atoms with van der Waals surface area (Å²) in [5.74, 6) is 0.590. The number of thiazole rings is 1. The van der Waals surface area contributed by atoms with Crippen LogP contribution >= 0.6 is 11.3 Å². The first-order chi connectivity index (χ1) is 11.7. The monoisotopic (exact) mass is 339 g/mol. The molecule has 0 fully saturated rings. The molecule has 0 aliphatic rings. The lowest BCUT2D eigenvalue weighted by molar-refractivity contribution is 0.0951. The van der Waals surface area contributed by atoms with E-state index in [1.807, 2.05) is 24.4 Å². The highest BCUT2D eigenvalue weighted by molar-refractivity contribution is 7.09. The van der Waals surface area contributed by atoms with E-state index >= 15 is 0 Å². The summed E-state index contributed by atoms with van der Waals surface area (Å²) < 4.78 is 5.68. The molecule has 0 saturated carbocycles. The second-order valence-electron chi connectivity index (χ2n) is 5.24. The van der Waals surface area contributed by atoms with Crippen molar-refractivity contribution in [3.05, 3.63) is 76.0 Å². The van der Waals surface area contributed by atoms with Gasteiger partial charge in [0.05, 0.1) is 0 Å². The molecule has 1 aromatic carbocycles. The van der Waals surface area contributed by atoms with Crippen LogP contribution in [0.3, 0.4) is 0 Å². The van der Waals surface area contributed by atoms with Gasteiger partial charge in [-0.1, -0.05) is 6.07 Å². The minimum atomic E-state index is -0.124. The van der Waals surface area contributed by atoms with Crippen LogP contribution in [0.2, 0.25) is 0 Å². The summed E-state index contributed by atoms with van der Waals surface area (Å²) in [7, 11) is 0. The molecule has 1 N–H and O–H groups in total. The van der Waals surface area contributed by atoms with Crippen molar-refractivity contribution in [1.29, 1.82) is 0 Å². The predicted octanol–water partition coefficient (Wildman–Crippen LogP) is 3.36. The van der Waals surface area contributed by atoms with E-state index in [0.717, 1.165) is 16.3 Å². The van der Waals surface area contributed by atoms with Gasteiger partial charge in [0.2, 0.25) is 0 Å². The minimum absolute atomic E-state index is 0.124. The quantitative estimate of drug-likeness (QED) is 0.748. The second kappa shape index (κ2) is 7.70. The zero-order valence-electron chi connectivity index (χ0n) is 13.2. The number of amides is 1. The molecule has 1 amide bonds. The molecular formula is C18H17N3O2S. The Morgan fingerprint density at radius 3 is 2.75 bits per heavy atom. The molecule has 0 aliphatic carbocycles. The highest BCUT2D eigenvalue weighted by Crippen LogP contribution is 2.16. The van der Waals surface area contributed by atoms with Crippen LogP contribution in [0.1, 0.15) is 26.6 Å². The molecule has 0 spiro atoms. The summed E-state index contributed by atoms with van der Waals surface area (Å²) in [6.07, 6.45) is 3.44. The van der Waals surface area contributed by atoms with Crippen LogP contribution in [0.15, 0.2) is 54.2 Å². The molecule has 3 aromatic rings. The van der Waals surface area contributed by atoms with Crippen molar-refractivity contribution in [2.24, 2.45) is 0 Å². The number of nitrogens with zero attached hydrogens (tertiary/aromatic N) is 2. The Bertz CT molecular complexity index is 801. The summed E-state index contributed by atoms with van der Waals surface area (Å²) in [4.78, 5) is 20.5. The van der Waals surface area contributed by atoms with Crippen molar-refractivity contribution < 1.29 is 9.53 Å². The van der Waals surface area contributed by atoms with Crippen LogP contribution in [0.25, 0.3) is 0 Å². The Kier molecular flexibility index (Phi) is 5.18. The van der Waals surface area contributed by atoms with Gasteiger partial charge in [0.1, 0.15) is 17.4 Å². The second-order valence-corrected chi connectivity index (χ2v) is 6.18. The number of hydrogen-bond acceptors (Lipinski definition) is 5. The van der Waals surface area contributed by atoms with E-state index in [-0.39, 0.29) is 5.91 Å². The van der Waals surface area contributed by atoms with Crippen LogP contribution in [0.4, 0.5) is 0 Å². The topological polar surface area (TPSA) is 64.1 Å². The largest absolute Gasteiger partial charge is 0.486 e. The third-order valence-electron chi connectivity index (χ3n) is 3.32. The van der Waals surface area contributed by atoms with Crippen molar-refractivity contribution in [3.63, 3.8) is 0 Å². The number of aryl methyl sites for hydroxylation is 1. The van der Waals surface area contributed by atoms with Gasteiger partial charge in [-0.25, -0.2) is 4.98 Å². The highest BCUT2D eigenvalue weighted by Gasteiger charge is 2.06. The number of aromatic nitrogens is 2. The van der Waals surface area contributed by atoms with Gasteiger partial charge in [0.15, 0.2) is 0 Å². The van der Waals surface area contributed by atoms with E-state index in [4.69, 9.17) is 4.74 Å². The summed E-state index contributed by atoms with van der Waals surface area (Å²) >= 11 is 1.58. The number of ether oxygens (including phenoxy) is 1. The Morgan fingerprint density at radius 2 is 2.08 bits per heavy atom. The number of benzene rings is 1. The fraction of sp³-hybridized carbons (Fsp3) is 0.167. The fourth-order valence-corrected chi connectivity index (χ4v) is 2.79. The summed E-state index contributed by atoms with van der Waals surface area (Å²) in [6, 6.07) is 10.9. The third-order valence-corrected chi connectivity index (χ3v) is 4.26. The van der Waals surface area contributed by atoms with E-state index in [1.165, 1.54) is 0 Å². The van der Waals surface area contributed by atoms with Gasteiger partial charge in [-0.2, -0.15) is 0 Å². The molecule has 122 valence electrons. The molecule has 0 unspecified atom stereocenters. The number of nitrogens with one attached hydrogen (secondary N) is 1. The Labute approximate surface area is 144 Å². The summed E-state index contributed by atoms with van der Waals surface area (Å²) in [5.41, 5.74) is 2.56. The Morgan fingerprint density at radius 1 is 1.25 bits per heavy atom. The molecule has 0 aliphatic heterocycles. The average molecular weight is 339 g/mol. The molecule has 5 nitrogen and oxygen atoms in total. The van der Waals surface area contributed by atoms with Crippen LogP contribution in [0, 0.1) is 6.92 Å². The lowest BCUT2D eigenvalue weighted by Gasteiger charge is -2.07. The van der Waals surface area contributed by atoms with Gasteiger partial charge in [-0.3, -0.25) is 9.78 Å². The SMILES string of the molecule is Cc1csc(COc2ccc(C(=O)NCc3cccnc3)cc2)n1. The van der Waals surface area contributed by atoms with Crippen LogP contribution in [-0.2, 0) is 13.2 Å². The number of pyridine rings is 1. The van der Waals surface area contributed by atoms with E-state index in [0.29, 0.717) is 24.5 Å². The van der Waals surface area contributed by atoms with Crippen molar-refractivity contribution in [2.45, 2.75) is 20.1 Å². The molecule has 0 atom stereocenters. The number of hydrogen-bond donors (Lipinski definition) is 1. The predicted molar refractivity (Wildman–Crippen MR) is 93.0 cm³/mol. The minimum Gasteiger partial charge on any atom is -0.486 e. The molecule has 2 aromatic heterocycles. The first kappa shape index (κ1) is 16.1. The van der Waals surface area contributed by atoms with E-state index < -0.39 is 0 Å². The lowest BCUT2D eigenvalue weighted by atomic mass is 10.2. The van der Waals surface area contributed by atoms with Gasteiger partial charge < -0.3 is 10.1 Å². The van der Waals surface area contributed by atoms with Gasteiger partial charge in [-0.15, -0.1) is 11.3 Å². The fourth-order valence-electron chi connectivity index (χ4n) is 2.10. The van der Waals surface area contributed by atoms with Crippen LogP contribution < -0.4 is 10.1 Å². The Hall–Kier alpha value is -2.73. The first-order valence-electron chi connectivity index (χ1n) is 7.52. The number of carbonyl (C=O) groups excluding carboxylic acids is 1. The Balaban J connectivity index is 1.52. The van der Waals surface area contributed by atoms with Crippen LogP contribution in [-0.4, -0.2) is 15.9 Å². The summed E-state index contributed by atoms with van der Waals surface area (Å²) in [6.45, 7) is 2.85. The average Bonchev–Trinajstić information content (AvgIpc) is 3.04. The maximum Gasteiger partial charge on any atom is 0.251 e. The van der Waals surface area contributed by atoms with E-state index in [9.17, 15) is 4.79 Å². The normalized spacial score (nSPS) is 10.4. The molecular weight excluding hydrogens is 322 g/mol. The summed E-state index contributed by atoms with van der Waals surface area (Å²) in [5, 5.41) is 5.80. The maximum atomic E-state index is 12.1.